The van der Waals surface area contributed by atoms with E-state index in [0.29, 0.717) is 0 Å². The molecule has 21 heavy (non-hydrogen) atoms. The van der Waals surface area contributed by atoms with Crippen molar-refractivity contribution in [1.29, 1.82) is 5.26 Å². The third-order valence-electron chi connectivity index (χ3n) is 2.98. The van der Waals surface area contributed by atoms with E-state index in [1.54, 1.807) is 0 Å². The molecule has 1 unspecified atom stereocenters. The summed E-state index contributed by atoms with van der Waals surface area (Å²) >= 11 is 1.44. The first kappa shape index (κ1) is 15.0. The van der Waals surface area contributed by atoms with E-state index in [0.717, 1.165) is 10.5 Å². The number of nitrogens with zero attached hydrogens (tertiary/aromatic N) is 1. The van der Waals surface area contributed by atoms with Gasteiger partial charge in [0.15, 0.2) is 5.41 Å². The standard InChI is InChI=1S/C19H15NS/c1-2-13-19(16-20,17-9-5-3-6-10-17)14-15-21-18-11-7-4-8-12-18/h2-13H,1H3/b13-2+. The van der Waals surface area contributed by atoms with Crippen LogP contribution in [0.1, 0.15) is 12.5 Å². The molecule has 0 aliphatic heterocycles. The van der Waals surface area contributed by atoms with Crippen LogP contribution in [-0.4, -0.2) is 0 Å². The number of thioether (sulfide) groups is 1. The molecule has 0 N–H and O–H groups in total. The highest BCUT2D eigenvalue weighted by Gasteiger charge is 2.26. The van der Waals surface area contributed by atoms with Crippen LogP contribution in [-0.2, 0) is 5.41 Å². The van der Waals surface area contributed by atoms with Gasteiger partial charge in [0.2, 0.25) is 0 Å². The third-order valence-corrected chi connectivity index (χ3v) is 3.69. The van der Waals surface area contributed by atoms with Crippen molar-refractivity contribution in [2.24, 2.45) is 0 Å². The number of rotatable bonds is 3. The lowest BCUT2D eigenvalue weighted by molar-refractivity contribution is 0.907. The molecule has 0 amide bonds. The summed E-state index contributed by atoms with van der Waals surface area (Å²) < 4.78 is 0. The van der Waals surface area contributed by atoms with E-state index in [1.807, 2.05) is 79.7 Å². The molecule has 0 heterocycles. The van der Waals surface area contributed by atoms with Gasteiger partial charge < -0.3 is 0 Å². The molecule has 0 fully saturated rings. The molecule has 0 aliphatic rings. The zero-order valence-electron chi connectivity index (χ0n) is 11.8. The molecular weight excluding hydrogens is 274 g/mol. The van der Waals surface area contributed by atoms with Crippen LogP contribution in [0.15, 0.2) is 77.7 Å². The summed E-state index contributed by atoms with van der Waals surface area (Å²) in [6, 6.07) is 21.9. The van der Waals surface area contributed by atoms with E-state index in [1.165, 1.54) is 11.8 Å². The van der Waals surface area contributed by atoms with Crippen molar-refractivity contribution in [2.75, 3.05) is 0 Å². The van der Waals surface area contributed by atoms with Gasteiger partial charge in [0.1, 0.15) is 0 Å². The fraction of sp³-hybridized carbons (Fsp3) is 0.105. The maximum Gasteiger partial charge on any atom is 0.161 e. The van der Waals surface area contributed by atoms with Crippen LogP contribution in [0, 0.1) is 22.5 Å². The Morgan fingerprint density at radius 2 is 1.62 bits per heavy atom. The Balaban J connectivity index is 2.33. The summed E-state index contributed by atoms with van der Waals surface area (Å²) in [5.74, 6) is 3.11. The summed E-state index contributed by atoms with van der Waals surface area (Å²) in [6.45, 7) is 1.90. The van der Waals surface area contributed by atoms with Crippen LogP contribution in [0.25, 0.3) is 0 Å². The lowest BCUT2D eigenvalue weighted by atomic mass is 9.82. The van der Waals surface area contributed by atoms with Crippen molar-refractivity contribution in [3.8, 4) is 17.2 Å². The molecule has 102 valence electrons. The van der Waals surface area contributed by atoms with Gasteiger partial charge in [-0.2, -0.15) is 5.26 Å². The fourth-order valence-electron chi connectivity index (χ4n) is 1.94. The highest BCUT2D eigenvalue weighted by molar-refractivity contribution is 8.03. The molecule has 0 spiro atoms. The molecule has 2 aromatic rings. The SMILES string of the molecule is C/C=C/C(C#N)(C#CSc1ccccc1)c1ccccc1. The van der Waals surface area contributed by atoms with Crippen molar-refractivity contribution in [1.82, 2.24) is 0 Å². The number of hydrogen-bond acceptors (Lipinski definition) is 2. The van der Waals surface area contributed by atoms with Crippen molar-refractivity contribution >= 4 is 11.8 Å². The lowest BCUT2D eigenvalue weighted by Gasteiger charge is -2.16. The van der Waals surface area contributed by atoms with Gasteiger partial charge in [-0.15, -0.1) is 0 Å². The molecule has 2 aromatic carbocycles. The smallest absolute Gasteiger partial charge is 0.161 e. The lowest BCUT2D eigenvalue weighted by Crippen LogP contribution is -2.18. The molecule has 0 saturated carbocycles. The first-order chi connectivity index (χ1) is 10.3. The molecule has 2 rings (SSSR count). The summed E-state index contributed by atoms with van der Waals surface area (Å²) in [7, 11) is 0. The predicted octanol–water partition coefficient (Wildman–Crippen LogP) is 4.78. The van der Waals surface area contributed by atoms with Crippen molar-refractivity contribution in [2.45, 2.75) is 17.2 Å². The Morgan fingerprint density at radius 1 is 1.00 bits per heavy atom. The van der Waals surface area contributed by atoms with Crippen LogP contribution >= 0.6 is 11.8 Å². The Labute approximate surface area is 130 Å². The number of allylic oxidation sites excluding steroid dienone is 2. The summed E-state index contributed by atoms with van der Waals surface area (Å²) in [5, 5.41) is 12.7. The zero-order valence-corrected chi connectivity index (χ0v) is 12.6. The second-order valence-corrected chi connectivity index (χ2v) is 5.31. The maximum absolute atomic E-state index is 9.65. The largest absolute Gasteiger partial charge is 0.196 e. The molecule has 0 bridgehead atoms. The first-order valence-electron chi connectivity index (χ1n) is 6.65. The molecule has 0 aliphatic carbocycles. The van der Waals surface area contributed by atoms with Crippen LogP contribution in [0.3, 0.4) is 0 Å². The van der Waals surface area contributed by atoms with E-state index < -0.39 is 5.41 Å². The zero-order chi connectivity index (χ0) is 15.0. The monoisotopic (exact) mass is 289 g/mol. The highest BCUT2D eigenvalue weighted by Crippen LogP contribution is 2.26. The second kappa shape index (κ2) is 7.39. The number of benzene rings is 2. The summed E-state index contributed by atoms with van der Waals surface area (Å²) in [6.07, 6.45) is 3.72. The van der Waals surface area contributed by atoms with Crippen molar-refractivity contribution in [3.63, 3.8) is 0 Å². The average molecular weight is 289 g/mol. The van der Waals surface area contributed by atoms with Crippen LogP contribution < -0.4 is 0 Å². The topological polar surface area (TPSA) is 23.8 Å². The Kier molecular flexibility index (Phi) is 5.27. The minimum Gasteiger partial charge on any atom is -0.196 e. The van der Waals surface area contributed by atoms with Crippen molar-refractivity contribution in [3.05, 3.63) is 78.4 Å². The van der Waals surface area contributed by atoms with Gasteiger partial charge in [0, 0.05) is 4.90 Å². The predicted molar refractivity (Wildman–Crippen MR) is 88.6 cm³/mol. The van der Waals surface area contributed by atoms with Gasteiger partial charge in [-0.1, -0.05) is 66.6 Å². The number of nitriles is 1. The molecule has 2 heteroatoms. The van der Waals surface area contributed by atoms with Gasteiger partial charge in [-0.05, 0) is 41.6 Å². The van der Waals surface area contributed by atoms with Gasteiger partial charge in [-0.25, -0.2) is 0 Å². The molecular formula is C19H15NS. The van der Waals surface area contributed by atoms with Crippen LogP contribution in [0.4, 0.5) is 0 Å². The fourth-order valence-corrected chi connectivity index (χ4v) is 2.57. The quantitative estimate of drug-likeness (QED) is 0.461. The van der Waals surface area contributed by atoms with E-state index in [4.69, 9.17) is 0 Å². The molecule has 0 radical (unpaired) electrons. The Hall–Kier alpha value is -2.42. The molecule has 1 nitrogen and oxygen atoms in total. The average Bonchev–Trinajstić information content (AvgIpc) is 2.56. The van der Waals surface area contributed by atoms with Crippen molar-refractivity contribution < 1.29 is 0 Å². The minimum atomic E-state index is -0.891. The van der Waals surface area contributed by atoms with Gasteiger partial charge >= 0.3 is 0 Å². The van der Waals surface area contributed by atoms with Gasteiger partial charge in [0.05, 0.1) is 6.07 Å². The molecule has 0 aromatic heterocycles. The molecule has 1 atom stereocenters. The van der Waals surface area contributed by atoms with E-state index in [9.17, 15) is 5.26 Å². The number of hydrogen-bond donors (Lipinski definition) is 0. The highest BCUT2D eigenvalue weighted by atomic mass is 32.2. The van der Waals surface area contributed by atoms with Crippen LogP contribution in [0.5, 0.6) is 0 Å². The van der Waals surface area contributed by atoms with E-state index in [-0.39, 0.29) is 0 Å². The summed E-state index contributed by atoms with van der Waals surface area (Å²) in [5.41, 5.74) is 0.00407. The second-order valence-electron chi connectivity index (χ2n) is 4.43. The van der Waals surface area contributed by atoms with Crippen LogP contribution in [0.2, 0.25) is 0 Å². The normalized spacial score (nSPS) is 13.0. The minimum absolute atomic E-state index is 0.891. The van der Waals surface area contributed by atoms with Gasteiger partial charge in [-0.3, -0.25) is 0 Å². The van der Waals surface area contributed by atoms with E-state index in [2.05, 4.69) is 17.2 Å². The Bertz CT molecular complexity index is 702. The third kappa shape index (κ3) is 3.78. The Morgan fingerprint density at radius 3 is 2.19 bits per heavy atom. The summed E-state index contributed by atoms with van der Waals surface area (Å²) in [4.78, 5) is 1.07. The molecule has 0 saturated heterocycles. The van der Waals surface area contributed by atoms with Gasteiger partial charge in [0.25, 0.3) is 0 Å². The maximum atomic E-state index is 9.65. The van der Waals surface area contributed by atoms with E-state index >= 15 is 0 Å². The first-order valence-corrected chi connectivity index (χ1v) is 7.47.